The summed E-state index contributed by atoms with van der Waals surface area (Å²) in [6, 6.07) is 0. The molecule has 104 valence electrons. The zero-order valence-electron chi connectivity index (χ0n) is 12.4. The fraction of sp³-hybridized carbons (Fsp3) is 1.00. The van der Waals surface area contributed by atoms with Crippen molar-refractivity contribution in [3.05, 3.63) is 0 Å². The molecule has 2 aliphatic carbocycles. The molecular weight excluding hydrogens is 224 g/mol. The Morgan fingerprint density at radius 3 is 2.50 bits per heavy atom. The molecule has 2 saturated carbocycles. The average molecular weight is 252 g/mol. The van der Waals surface area contributed by atoms with Gasteiger partial charge >= 0.3 is 0 Å². The van der Waals surface area contributed by atoms with Crippen molar-refractivity contribution < 1.29 is 9.84 Å². The Hall–Kier alpha value is -0.0800. The highest BCUT2D eigenvalue weighted by Crippen LogP contribution is 2.73. The number of rotatable bonds is 2. The van der Waals surface area contributed by atoms with E-state index in [0.29, 0.717) is 5.41 Å². The molecular formula is C16H28O2. The largest absolute Gasteiger partial charge is 0.396 e. The molecule has 1 N–H and O–H groups in total. The summed E-state index contributed by atoms with van der Waals surface area (Å²) < 4.78 is 6.30. The molecule has 3 fully saturated rings. The maximum absolute atomic E-state index is 9.48. The first kappa shape index (κ1) is 12.9. The number of hydrogen-bond acceptors (Lipinski definition) is 2. The zero-order valence-corrected chi connectivity index (χ0v) is 12.4. The minimum atomic E-state index is -0.0324. The Bertz CT molecular complexity index is 360. The predicted molar refractivity (Wildman–Crippen MR) is 72.4 cm³/mol. The average Bonchev–Trinajstić information content (AvgIpc) is 2.85. The van der Waals surface area contributed by atoms with Crippen LogP contribution in [0.1, 0.15) is 66.2 Å². The summed E-state index contributed by atoms with van der Waals surface area (Å²) in [5.41, 5.74) is 0.719. The molecule has 0 unspecified atom stereocenters. The monoisotopic (exact) mass is 252 g/mol. The molecule has 1 heterocycles. The maximum Gasteiger partial charge on any atom is 0.105 e. The quantitative estimate of drug-likeness (QED) is 0.763. The van der Waals surface area contributed by atoms with Crippen molar-refractivity contribution in [1.82, 2.24) is 0 Å². The van der Waals surface area contributed by atoms with Gasteiger partial charge in [0.2, 0.25) is 0 Å². The Labute approximate surface area is 111 Å². The summed E-state index contributed by atoms with van der Waals surface area (Å²) in [4.78, 5) is 0. The van der Waals surface area contributed by atoms with Crippen molar-refractivity contribution >= 4 is 0 Å². The van der Waals surface area contributed by atoms with Crippen molar-refractivity contribution in [3.63, 3.8) is 0 Å². The van der Waals surface area contributed by atoms with Gasteiger partial charge < -0.3 is 9.84 Å². The number of epoxide rings is 1. The van der Waals surface area contributed by atoms with Gasteiger partial charge in [0.25, 0.3) is 0 Å². The molecule has 0 radical (unpaired) electrons. The third-order valence-corrected chi connectivity index (χ3v) is 6.74. The molecule has 4 atom stereocenters. The van der Waals surface area contributed by atoms with E-state index in [4.69, 9.17) is 4.74 Å². The van der Waals surface area contributed by atoms with Crippen LogP contribution in [0.25, 0.3) is 0 Å². The van der Waals surface area contributed by atoms with Crippen LogP contribution in [-0.4, -0.2) is 22.9 Å². The van der Waals surface area contributed by atoms with Crippen LogP contribution < -0.4 is 0 Å². The van der Waals surface area contributed by atoms with Gasteiger partial charge in [0, 0.05) is 18.4 Å². The van der Waals surface area contributed by atoms with E-state index in [9.17, 15) is 5.11 Å². The molecule has 3 rings (SSSR count). The van der Waals surface area contributed by atoms with Crippen LogP contribution in [0.15, 0.2) is 0 Å². The summed E-state index contributed by atoms with van der Waals surface area (Å²) in [6.07, 6.45) is 7.24. The topological polar surface area (TPSA) is 32.8 Å². The highest BCUT2D eigenvalue weighted by molar-refractivity contribution is 5.26. The van der Waals surface area contributed by atoms with Crippen LogP contribution in [0.2, 0.25) is 0 Å². The molecule has 3 aliphatic rings. The van der Waals surface area contributed by atoms with E-state index in [1.165, 1.54) is 32.1 Å². The second-order valence-corrected chi connectivity index (χ2v) is 7.98. The van der Waals surface area contributed by atoms with Crippen molar-refractivity contribution in [2.75, 3.05) is 6.61 Å². The van der Waals surface area contributed by atoms with Crippen LogP contribution in [0.4, 0.5) is 0 Å². The van der Waals surface area contributed by atoms with E-state index >= 15 is 0 Å². The summed E-state index contributed by atoms with van der Waals surface area (Å²) >= 11 is 0. The Morgan fingerprint density at radius 1 is 1.11 bits per heavy atom. The molecule has 0 aromatic carbocycles. The molecule has 2 nitrogen and oxygen atoms in total. The molecule has 0 amide bonds. The van der Waals surface area contributed by atoms with Gasteiger partial charge in [-0.2, -0.15) is 0 Å². The van der Waals surface area contributed by atoms with Crippen molar-refractivity contribution in [3.8, 4) is 0 Å². The van der Waals surface area contributed by atoms with E-state index in [1.54, 1.807) is 0 Å². The van der Waals surface area contributed by atoms with Gasteiger partial charge in [0.05, 0.1) is 5.60 Å². The fourth-order valence-electron chi connectivity index (χ4n) is 5.83. The van der Waals surface area contributed by atoms with Crippen LogP contribution >= 0.6 is 0 Å². The SMILES string of the molecule is CC1(C)CCC[C@@]2(C)[C@H]1CC[C@@]1(C)O[C@]12CCO. The van der Waals surface area contributed by atoms with Gasteiger partial charge in [-0.3, -0.25) is 0 Å². The first-order valence-corrected chi connectivity index (χ1v) is 7.62. The summed E-state index contributed by atoms with van der Waals surface area (Å²) in [5.74, 6) is 0.751. The van der Waals surface area contributed by atoms with Crippen molar-refractivity contribution in [2.24, 2.45) is 16.7 Å². The predicted octanol–water partition coefficient (Wildman–Crippen LogP) is 3.52. The summed E-state index contributed by atoms with van der Waals surface area (Å²) in [7, 11) is 0. The lowest BCUT2D eigenvalue weighted by Gasteiger charge is -2.56. The summed E-state index contributed by atoms with van der Waals surface area (Å²) in [5, 5.41) is 9.48. The van der Waals surface area contributed by atoms with Crippen molar-refractivity contribution in [1.29, 1.82) is 0 Å². The lowest BCUT2D eigenvalue weighted by Crippen LogP contribution is -2.56. The number of aliphatic hydroxyl groups is 1. The smallest absolute Gasteiger partial charge is 0.105 e. The lowest BCUT2D eigenvalue weighted by atomic mass is 9.46. The first-order valence-electron chi connectivity index (χ1n) is 7.62. The molecule has 18 heavy (non-hydrogen) atoms. The highest BCUT2D eigenvalue weighted by Gasteiger charge is 2.78. The summed E-state index contributed by atoms with van der Waals surface area (Å²) in [6.45, 7) is 9.85. The second-order valence-electron chi connectivity index (χ2n) is 7.98. The molecule has 0 bridgehead atoms. The Kier molecular flexibility index (Phi) is 2.53. The first-order chi connectivity index (χ1) is 8.31. The molecule has 2 heteroatoms. The van der Waals surface area contributed by atoms with Crippen LogP contribution in [0.3, 0.4) is 0 Å². The number of aliphatic hydroxyl groups excluding tert-OH is 1. The van der Waals surface area contributed by atoms with E-state index < -0.39 is 0 Å². The zero-order chi connectivity index (χ0) is 13.2. The molecule has 0 aromatic heterocycles. The number of ether oxygens (including phenoxy) is 1. The molecule has 0 aromatic rings. The third-order valence-electron chi connectivity index (χ3n) is 6.74. The van der Waals surface area contributed by atoms with Gasteiger partial charge in [-0.25, -0.2) is 0 Å². The van der Waals surface area contributed by atoms with Crippen LogP contribution in [0.5, 0.6) is 0 Å². The minimum Gasteiger partial charge on any atom is -0.396 e. The molecule has 1 aliphatic heterocycles. The van der Waals surface area contributed by atoms with Gasteiger partial charge in [0.15, 0.2) is 0 Å². The standard InChI is InChI=1S/C16H28O2/c1-13(2)7-5-8-14(3)12(13)6-9-15(4)16(14,18-15)10-11-17/h12,17H,5-11H2,1-4H3/t12-,14-,15+,16-/m0/s1. The molecule has 0 spiro atoms. The van der Waals surface area contributed by atoms with Gasteiger partial charge in [-0.05, 0) is 43.9 Å². The van der Waals surface area contributed by atoms with E-state index in [-0.39, 0.29) is 23.2 Å². The highest BCUT2D eigenvalue weighted by atomic mass is 16.6. The third kappa shape index (κ3) is 1.31. The lowest BCUT2D eigenvalue weighted by molar-refractivity contribution is -0.0758. The van der Waals surface area contributed by atoms with Gasteiger partial charge in [-0.1, -0.05) is 27.2 Å². The second kappa shape index (κ2) is 3.52. The van der Waals surface area contributed by atoms with Gasteiger partial charge in [-0.15, -0.1) is 0 Å². The molecule has 1 saturated heterocycles. The number of fused-ring (bicyclic) bond motifs is 3. The number of hydrogen-bond donors (Lipinski definition) is 1. The van der Waals surface area contributed by atoms with E-state index in [0.717, 1.165) is 12.3 Å². The van der Waals surface area contributed by atoms with Gasteiger partial charge in [0.1, 0.15) is 5.60 Å². The Balaban J connectivity index is 2.00. The fourth-order valence-corrected chi connectivity index (χ4v) is 5.83. The Morgan fingerprint density at radius 2 is 1.83 bits per heavy atom. The van der Waals surface area contributed by atoms with E-state index in [1.807, 2.05) is 0 Å². The normalized spacial score (nSPS) is 53.5. The van der Waals surface area contributed by atoms with Crippen LogP contribution in [0, 0.1) is 16.7 Å². The van der Waals surface area contributed by atoms with E-state index in [2.05, 4.69) is 27.7 Å². The maximum atomic E-state index is 9.48. The van der Waals surface area contributed by atoms with Crippen molar-refractivity contribution in [2.45, 2.75) is 77.4 Å². The van der Waals surface area contributed by atoms with Crippen LogP contribution in [-0.2, 0) is 4.74 Å². The minimum absolute atomic E-state index is 0.0324.